The van der Waals surface area contributed by atoms with Crippen LogP contribution in [0.4, 0.5) is 5.69 Å². The molecule has 5 rings (SSSR count). The van der Waals surface area contributed by atoms with Gasteiger partial charge in [-0.1, -0.05) is 48.5 Å². The molecule has 1 atom stereocenters. The highest BCUT2D eigenvalue weighted by Crippen LogP contribution is 2.25. The van der Waals surface area contributed by atoms with Gasteiger partial charge in [-0.25, -0.2) is 0 Å². The average molecular weight is 527 g/mol. The summed E-state index contributed by atoms with van der Waals surface area (Å²) in [6.45, 7) is 2.99. The fourth-order valence-electron chi connectivity index (χ4n) is 4.72. The van der Waals surface area contributed by atoms with Crippen molar-refractivity contribution >= 4 is 22.4 Å². The fourth-order valence-corrected chi connectivity index (χ4v) is 4.72. The molecule has 1 aliphatic heterocycles. The SMILES string of the molecule is COc1ccccc1COCCCOc1ccc(N2C(=O)CNC[C@H]2COc2ccc3ccccc3c2)cc1. The summed E-state index contributed by atoms with van der Waals surface area (Å²) in [4.78, 5) is 14.7. The maximum atomic E-state index is 12.8. The van der Waals surface area contributed by atoms with Crippen molar-refractivity contribution in [2.45, 2.75) is 19.1 Å². The van der Waals surface area contributed by atoms with Gasteiger partial charge in [0.15, 0.2) is 0 Å². The zero-order valence-corrected chi connectivity index (χ0v) is 22.2. The lowest BCUT2D eigenvalue weighted by Crippen LogP contribution is -2.57. The summed E-state index contributed by atoms with van der Waals surface area (Å²) < 4.78 is 23.2. The highest BCUT2D eigenvalue weighted by Gasteiger charge is 2.29. The quantitative estimate of drug-likeness (QED) is 0.255. The van der Waals surface area contributed by atoms with Crippen molar-refractivity contribution in [2.75, 3.05) is 44.9 Å². The lowest BCUT2D eigenvalue weighted by Gasteiger charge is -2.36. The number of anilines is 1. The number of benzene rings is 4. The molecule has 0 bridgehead atoms. The molecule has 202 valence electrons. The molecule has 1 N–H and O–H groups in total. The van der Waals surface area contributed by atoms with Crippen molar-refractivity contribution in [3.8, 4) is 17.2 Å². The second-order valence-electron chi connectivity index (χ2n) is 9.43. The molecule has 39 heavy (non-hydrogen) atoms. The Morgan fingerprint density at radius 1 is 0.846 bits per heavy atom. The molecule has 4 aromatic rings. The second kappa shape index (κ2) is 13.1. The third-order valence-corrected chi connectivity index (χ3v) is 6.72. The lowest BCUT2D eigenvalue weighted by molar-refractivity contribution is -0.119. The van der Waals surface area contributed by atoms with Crippen LogP contribution in [-0.2, 0) is 16.1 Å². The van der Waals surface area contributed by atoms with Gasteiger partial charge in [0.1, 0.15) is 23.9 Å². The average Bonchev–Trinajstić information content (AvgIpc) is 2.98. The van der Waals surface area contributed by atoms with E-state index in [9.17, 15) is 4.79 Å². The minimum Gasteiger partial charge on any atom is -0.496 e. The molecule has 0 spiro atoms. The van der Waals surface area contributed by atoms with Gasteiger partial charge in [-0.15, -0.1) is 0 Å². The number of hydrogen-bond acceptors (Lipinski definition) is 6. The van der Waals surface area contributed by atoms with E-state index in [-0.39, 0.29) is 11.9 Å². The summed E-state index contributed by atoms with van der Waals surface area (Å²) in [7, 11) is 1.66. The van der Waals surface area contributed by atoms with Crippen LogP contribution in [0.5, 0.6) is 17.2 Å². The molecule has 1 saturated heterocycles. The number of carbonyl (C=O) groups is 1. The predicted molar refractivity (Wildman–Crippen MR) is 153 cm³/mol. The first-order valence-electron chi connectivity index (χ1n) is 13.3. The number of nitrogens with zero attached hydrogens (tertiary/aromatic N) is 1. The summed E-state index contributed by atoms with van der Waals surface area (Å²) in [5.74, 6) is 2.41. The fraction of sp³-hybridized carbons (Fsp3) is 0.281. The van der Waals surface area contributed by atoms with Crippen LogP contribution < -0.4 is 24.4 Å². The smallest absolute Gasteiger partial charge is 0.241 e. The zero-order valence-electron chi connectivity index (χ0n) is 22.2. The topological polar surface area (TPSA) is 69.3 Å². The van der Waals surface area contributed by atoms with Crippen LogP contribution in [0.1, 0.15) is 12.0 Å². The monoisotopic (exact) mass is 526 g/mol. The number of piperazine rings is 1. The number of para-hydroxylation sites is 1. The number of nitrogens with one attached hydrogen (secondary N) is 1. The second-order valence-corrected chi connectivity index (χ2v) is 9.43. The van der Waals surface area contributed by atoms with Crippen LogP contribution in [0.25, 0.3) is 10.8 Å². The van der Waals surface area contributed by atoms with Gasteiger partial charge in [-0.3, -0.25) is 4.79 Å². The first-order chi connectivity index (χ1) is 19.2. The Labute approximate surface area is 229 Å². The lowest BCUT2D eigenvalue weighted by atomic mass is 10.1. The summed E-state index contributed by atoms with van der Waals surface area (Å²) in [5, 5.41) is 5.51. The molecule has 4 aromatic carbocycles. The van der Waals surface area contributed by atoms with E-state index in [0.717, 1.165) is 40.3 Å². The van der Waals surface area contributed by atoms with Crippen LogP contribution in [0, 0.1) is 0 Å². The number of fused-ring (bicyclic) bond motifs is 1. The van der Waals surface area contributed by atoms with Crippen LogP contribution in [0.3, 0.4) is 0 Å². The van der Waals surface area contributed by atoms with Gasteiger partial charge < -0.3 is 29.2 Å². The van der Waals surface area contributed by atoms with Crippen LogP contribution in [0.2, 0.25) is 0 Å². The molecule has 7 heteroatoms. The van der Waals surface area contributed by atoms with Crippen molar-refractivity contribution < 1.29 is 23.7 Å². The molecule has 1 fully saturated rings. The van der Waals surface area contributed by atoms with Gasteiger partial charge in [0, 0.05) is 24.2 Å². The van der Waals surface area contributed by atoms with Crippen molar-refractivity contribution in [1.82, 2.24) is 5.32 Å². The summed E-state index contributed by atoms with van der Waals surface area (Å²) in [6.07, 6.45) is 0.765. The summed E-state index contributed by atoms with van der Waals surface area (Å²) in [5.41, 5.74) is 1.86. The minimum absolute atomic E-state index is 0.0224. The Bertz CT molecular complexity index is 1370. The molecular formula is C32H34N2O5. The Kier molecular flexibility index (Phi) is 8.94. The van der Waals surface area contributed by atoms with E-state index in [1.54, 1.807) is 7.11 Å². The Morgan fingerprint density at radius 3 is 2.46 bits per heavy atom. The van der Waals surface area contributed by atoms with Crippen molar-refractivity contribution in [3.63, 3.8) is 0 Å². The van der Waals surface area contributed by atoms with Gasteiger partial charge in [0.05, 0.1) is 39.5 Å². The number of methoxy groups -OCH3 is 1. The maximum absolute atomic E-state index is 12.8. The third-order valence-electron chi connectivity index (χ3n) is 6.72. The molecular weight excluding hydrogens is 492 g/mol. The Balaban J connectivity index is 1.11. The molecule has 0 radical (unpaired) electrons. The van der Waals surface area contributed by atoms with Gasteiger partial charge in [0.25, 0.3) is 0 Å². The Hall–Kier alpha value is -4.07. The Morgan fingerprint density at radius 2 is 1.62 bits per heavy atom. The van der Waals surface area contributed by atoms with Crippen LogP contribution in [0.15, 0.2) is 91.0 Å². The predicted octanol–water partition coefficient (Wildman–Crippen LogP) is 5.22. The highest BCUT2D eigenvalue weighted by atomic mass is 16.5. The van der Waals surface area contributed by atoms with E-state index in [4.69, 9.17) is 18.9 Å². The van der Waals surface area contributed by atoms with Crippen molar-refractivity contribution in [3.05, 3.63) is 96.6 Å². The molecule has 0 aliphatic carbocycles. The third kappa shape index (κ3) is 6.88. The van der Waals surface area contributed by atoms with Gasteiger partial charge in [0.2, 0.25) is 5.91 Å². The number of ether oxygens (including phenoxy) is 4. The minimum atomic E-state index is -0.120. The first-order valence-corrected chi connectivity index (χ1v) is 13.3. The number of carbonyl (C=O) groups excluding carboxylic acids is 1. The van der Waals surface area contributed by atoms with E-state index >= 15 is 0 Å². The molecule has 0 aromatic heterocycles. The van der Waals surface area contributed by atoms with Crippen LogP contribution >= 0.6 is 0 Å². The van der Waals surface area contributed by atoms with E-state index < -0.39 is 0 Å². The van der Waals surface area contributed by atoms with Crippen molar-refractivity contribution in [1.29, 1.82) is 0 Å². The normalized spacial score (nSPS) is 15.4. The molecule has 1 heterocycles. The molecule has 0 unspecified atom stereocenters. The van der Waals surface area contributed by atoms with Gasteiger partial charge in [-0.05, 0) is 53.2 Å². The summed E-state index contributed by atoms with van der Waals surface area (Å²) in [6, 6.07) is 29.6. The van der Waals surface area contributed by atoms with Crippen LogP contribution in [-0.4, -0.2) is 52.0 Å². The van der Waals surface area contributed by atoms with Gasteiger partial charge >= 0.3 is 0 Å². The number of amides is 1. The molecule has 7 nitrogen and oxygen atoms in total. The van der Waals surface area contributed by atoms with E-state index in [1.807, 2.05) is 77.7 Å². The highest BCUT2D eigenvalue weighted by molar-refractivity contribution is 5.96. The molecule has 1 aliphatic rings. The first kappa shape index (κ1) is 26.5. The standard InChI is InChI=1S/C32H34N2O5/c1-36-31-10-5-4-9-26(31)22-37-17-6-18-38-29-15-12-27(13-16-29)34-28(20-33-21-32(34)35)23-39-30-14-11-24-7-2-3-8-25(24)19-30/h2-5,7-16,19,28,33H,6,17-18,20-23H2,1H3/t28-/m0/s1. The number of rotatable bonds is 12. The van der Waals surface area contributed by atoms with E-state index in [0.29, 0.717) is 39.5 Å². The summed E-state index contributed by atoms with van der Waals surface area (Å²) >= 11 is 0. The van der Waals surface area contributed by atoms with E-state index in [2.05, 4.69) is 23.5 Å². The molecule has 0 saturated carbocycles. The van der Waals surface area contributed by atoms with E-state index in [1.165, 1.54) is 5.39 Å². The zero-order chi connectivity index (χ0) is 26.9. The largest absolute Gasteiger partial charge is 0.496 e. The number of hydrogen-bond donors (Lipinski definition) is 1. The van der Waals surface area contributed by atoms with Gasteiger partial charge in [-0.2, -0.15) is 0 Å². The maximum Gasteiger partial charge on any atom is 0.241 e. The van der Waals surface area contributed by atoms with Crippen molar-refractivity contribution in [2.24, 2.45) is 0 Å². The molecule has 1 amide bonds.